The molecule has 1 unspecified atom stereocenters. The average Bonchev–Trinajstić information content (AvgIpc) is 3.12. The predicted molar refractivity (Wildman–Crippen MR) is 89.8 cm³/mol. The lowest BCUT2D eigenvalue weighted by atomic mass is 10.2. The Kier molecular flexibility index (Phi) is 6.20. The van der Waals surface area contributed by atoms with Crippen molar-refractivity contribution in [1.82, 2.24) is 9.62 Å². The number of esters is 1. The molecular weight excluding hydrogens is 332 g/mol. The van der Waals surface area contributed by atoms with Crippen LogP contribution in [0.1, 0.15) is 30.1 Å². The Hall–Kier alpha value is -1.64. The van der Waals surface area contributed by atoms with Crippen LogP contribution in [-0.2, 0) is 14.8 Å². The number of sulfonamides is 1. The molecule has 1 aliphatic heterocycles. The molecule has 1 N–H and O–H groups in total. The van der Waals surface area contributed by atoms with Crippen LogP contribution in [0.3, 0.4) is 0 Å². The van der Waals surface area contributed by atoms with Crippen molar-refractivity contribution in [2.75, 3.05) is 33.9 Å². The molecule has 0 saturated carbocycles. The van der Waals surface area contributed by atoms with E-state index in [2.05, 4.69) is 10.1 Å². The fourth-order valence-corrected chi connectivity index (χ4v) is 4.61. The molecule has 2 rings (SSSR count). The molecule has 0 aromatic heterocycles. The Labute approximate surface area is 143 Å². The number of carbonyl (C=O) groups excluding carboxylic acids is 1. The summed E-state index contributed by atoms with van der Waals surface area (Å²) in [6, 6.07) is 4.18. The third-order valence-corrected chi connectivity index (χ3v) is 6.02. The molecule has 0 bridgehead atoms. The summed E-state index contributed by atoms with van der Waals surface area (Å²) in [7, 11) is -1.01. The van der Waals surface area contributed by atoms with Crippen LogP contribution in [0.25, 0.3) is 0 Å². The molecule has 1 atom stereocenters. The lowest BCUT2D eigenvalue weighted by Crippen LogP contribution is -2.42. The van der Waals surface area contributed by atoms with E-state index in [9.17, 15) is 13.2 Å². The Morgan fingerprint density at radius 3 is 2.67 bits per heavy atom. The minimum atomic E-state index is -3.67. The molecule has 0 amide bonds. The summed E-state index contributed by atoms with van der Waals surface area (Å²) >= 11 is 0. The number of benzene rings is 1. The van der Waals surface area contributed by atoms with Crippen LogP contribution in [0.2, 0.25) is 0 Å². The Balaban J connectivity index is 2.41. The maximum absolute atomic E-state index is 13.1. The molecule has 7 nitrogen and oxygen atoms in total. The van der Waals surface area contributed by atoms with E-state index in [1.54, 1.807) is 4.31 Å². The highest BCUT2D eigenvalue weighted by Gasteiger charge is 2.33. The number of ether oxygens (including phenoxy) is 2. The number of rotatable bonds is 7. The van der Waals surface area contributed by atoms with Gasteiger partial charge in [-0.05, 0) is 31.5 Å². The van der Waals surface area contributed by atoms with E-state index in [0.717, 1.165) is 19.4 Å². The second kappa shape index (κ2) is 7.96. The highest BCUT2D eigenvalue weighted by atomic mass is 32.2. The monoisotopic (exact) mass is 356 g/mol. The third kappa shape index (κ3) is 3.71. The second-order valence-corrected chi connectivity index (χ2v) is 7.51. The van der Waals surface area contributed by atoms with Crippen molar-refractivity contribution in [2.45, 2.75) is 30.7 Å². The summed E-state index contributed by atoms with van der Waals surface area (Å²) in [6.07, 6.45) is 1.52. The van der Waals surface area contributed by atoms with E-state index in [1.165, 1.54) is 32.4 Å². The van der Waals surface area contributed by atoms with Gasteiger partial charge in [0.25, 0.3) is 0 Å². The van der Waals surface area contributed by atoms with E-state index >= 15 is 0 Å². The SMILES string of the molecule is CCCN(C1CCNC1)S(=O)(=O)c1ccc(C(=O)OC)c(OC)c1. The lowest BCUT2D eigenvalue weighted by molar-refractivity contribution is 0.0597. The number of nitrogens with one attached hydrogen (secondary N) is 1. The van der Waals surface area contributed by atoms with Crippen LogP contribution in [0, 0.1) is 0 Å². The molecule has 1 aromatic rings. The summed E-state index contributed by atoms with van der Waals surface area (Å²) in [4.78, 5) is 11.8. The summed E-state index contributed by atoms with van der Waals surface area (Å²) in [5.74, 6) is -0.384. The number of hydrogen-bond donors (Lipinski definition) is 1. The van der Waals surface area contributed by atoms with Gasteiger partial charge < -0.3 is 14.8 Å². The first-order valence-corrected chi connectivity index (χ1v) is 9.38. The summed E-state index contributed by atoms with van der Waals surface area (Å²) in [6.45, 7) is 3.86. The van der Waals surface area contributed by atoms with Gasteiger partial charge in [0.05, 0.1) is 19.1 Å². The van der Waals surface area contributed by atoms with Crippen molar-refractivity contribution >= 4 is 16.0 Å². The second-order valence-electron chi connectivity index (χ2n) is 5.62. The van der Waals surface area contributed by atoms with Gasteiger partial charge in [-0.1, -0.05) is 6.92 Å². The van der Waals surface area contributed by atoms with Crippen LogP contribution >= 0.6 is 0 Å². The van der Waals surface area contributed by atoms with Gasteiger partial charge in [-0.3, -0.25) is 0 Å². The maximum Gasteiger partial charge on any atom is 0.341 e. The van der Waals surface area contributed by atoms with E-state index in [0.29, 0.717) is 13.1 Å². The number of methoxy groups -OCH3 is 2. The fourth-order valence-electron chi connectivity index (χ4n) is 2.85. The summed E-state index contributed by atoms with van der Waals surface area (Å²) in [5.41, 5.74) is 0.198. The molecule has 1 heterocycles. The minimum absolute atomic E-state index is 0.0544. The normalized spacial score (nSPS) is 17.9. The van der Waals surface area contributed by atoms with Crippen LogP contribution in [0.4, 0.5) is 0 Å². The van der Waals surface area contributed by atoms with E-state index < -0.39 is 16.0 Å². The van der Waals surface area contributed by atoms with Crippen LogP contribution in [0.15, 0.2) is 23.1 Å². The number of hydrogen-bond acceptors (Lipinski definition) is 6. The first-order chi connectivity index (χ1) is 11.5. The topological polar surface area (TPSA) is 84.9 Å². The van der Waals surface area contributed by atoms with E-state index in [-0.39, 0.29) is 22.3 Å². The molecule has 1 aliphatic rings. The Morgan fingerprint density at radius 2 is 2.12 bits per heavy atom. The summed E-state index contributed by atoms with van der Waals surface area (Å²) in [5, 5.41) is 3.20. The zero-order chi connectivity index (χ0) is 17.7. The first kappa shape index (κ1) is 18.7. The van der Waals surface area contributed by atoms with E-state index in [4.69, 9.17) is 4.74 Å². The van der Waals surface area contributed by atoms with Crippen LogP contribution in [-0.4, -0.2) is 58.6 Å². The molecule has 0 spiro atoms. The maximum atomic E-state index is 13.1. The molecule has 8 heteroatoms. The van der Waals surface area contributed by atoms with Crippen LogP contribution < -0.4 is 10.1 Å². The molecule has 0 radical (unpaired) electrons. The number of carbonyl (C=O) groups is 1. The van der Waals surface area contributed by atoms with Gasteiger partial charge in [-0.25, -0.2) is 13.2 Å². The zero-order valence-electron chi connectivity index (χ0n) is 14.2. The first-order valence-electron chi connectivity index (χ1n) is 7.94. The van der Waals surface area contributed by atoms with Crippen molar-refractivity contribution in [3.8, 4) is 5.75 Å². The van der Waals surface area contributed by atoms with Gasteiger partial charge in [0.2, 0.25) is 10.0 Å². The molecule has 24 heavy (non-hydrogen) atoms. The smallest absolute Gasteiger partial charge is 0.341 e. The van der Waals surface area contributed by atoms with Crippen molar-refractivity contribution < 1.29 is 22.7 Å². The third-order valence-electron chi connectivity index (χ3n) is 4.07. The van der Waals surface area contributed by atoms with Crippen molar-refractivity contribution in [1.29, 1.82) is 0 Å². The Bertz CT molecular complexity index is 684. The van der Waals surface area contributed by atoms with Crippen molar-refractivity contribution in [3.05, 3.63) is 23.8 Å². The molecular formula is C16H24N2O5S. The molecule has 1 aromatic carbocycles. The molecule has 0 aliphatic carbocycles. The number of nitrogens with zero attached hydrogens (tertiary/aromatic N) is 1. The van der Waals surface area contributed by atoms with Gasteiger partial charge in [0, 0.05) is 25.2 Å². The van der Waals surface area contributed by atoms with Gasteiger partial charge in [0.1, 0.15) is 11.3 Å². The van der Waals surface area contributed by atoms with Crippen LogP contribution in [0.5, 0.6) is 5.75 Å². The van der Waals surface area contributed by atoms with E-state index in [1.807, 2.05) is 6.92 Å². The highest BCUT2D eigenvalue weighted by molar-refractivity contribution is 7.89. The van der Waals surface area contributed by atoms with Crippen molar-refractivity contribution in [2.24, 2.45) is 0 Å². The standard InChI is InChI=1S/C16H24N2O5S/c1-4-9-18(12-7-8-17-11-12)24(20,21)13-5-6-14(16(19)23-3)15(10-13)22-2/h5-6,10,12,17H,4,7-9,11H2,1-3H3. The molecule has 1 saturated heterocycles. The summed E-state index contributed by atoms with van der Waals surface area (Å²) < 4.78 is 37.5. The van der Waals surface area contributed by atoms with Gasteiger partial charge in [-0.2, -0.15) is 4.31 Å². The molecule has 134 valence electrons. The fraction of sp³-hybridized carbons (Fsp3) is 0.562. The predicted octanol–water partition coefficient (Wildman–Crippen LogP) is 1.24. The lowest BCUT2D eigenvalue weighted by Gasteiger charge is -2.27. The highest BCUT2D eigenvalue weighted by Crippen LogP contribution is 2.27. The Morgan fingerprint density at radius 1 is 1.38 bits per heavy atom. The molecule has 1 fully saturated rings. The van der Waals surface area contributed by atoms with Crippen molar-refractivity contribution in [3.63, 3.8) is 0 Å². The van der Waals surface area contributed by atoms with Gasteiger partial charge >= 0.3 is 5.97 Å². The minimum Gasteiger partial charge on any atom is -0.496 e. The zero-order valence-corrected chi connectivity index (χ0v) is 15.1. The quantitative estimate of drug-likeness (QED) is 0.740. The van der Waals surface area contributed by atoms with Gasteiger partial charge in [0.15, 0.2) is 0 Å². The average molecular weight is 356 g/mol. The van der Waals surface area contributed by atoms with Gasteiger partial charge in [-0.15, -0.1) is 0 Å². The largest absolute Gasteiger partial charge is 0.496 e.